The van der Waals surface area contributed by atoms with E-state index in [4.69, 9.17) is 9.47 Å². The van der Waals surface area contributed by atoms with Crippen molar-refractivity contribution in [3.8, 4) is 11.5 Å². The number of rotatable bonds is 4. The van der Waals surface area contributed by atoms with Gasteiger partial charge in [-0.05, 0) is 29.3 Å². The van der Waals surface area contributed by atoms with Crippen LogP contribution in [0.1, 0.15) is 30.5 Å². The minimum absolute atomic E-state index is 0.0934. The van der Waals surface area contributed by atoms with Gasteiger partial charge in [0, 0.05) is 13.1 Å². The summed E-state index contributed by atoms with van der Waals surface area (Å²) in [6.07, 6.45) is 3.58. The fourth-order valence-corrected chi connectivity index (χ4v) is 3.55. The molecule has 2 amide bonds. The maximum atomic E-state index is 12.6. The van der Waals surface area contributed by atoms with Crippen LogP contribution in [-0.2, 0) is 9.59 Å². The van der Waals surface area contributed by atoms with Crippen LogP contribution in [0.3, 0.4) is 0 Å². The van der Waals surface area contributed by atoms with Gasteiger partial charge in [-0.2, -0.15) is 0 Å². The molecule has 4 rings (SSSR count). The molecule has 0 fully saturated rings. The average Bonchev–Trinajstić information content (AvgIpc) is 2.72. The Morgan fingerprint density at radius 1 is 1.11 bits per heavy atom. The summed E-state index contributed by atoms with van der Waals surface area (Å²) in [6.45, 7) is 2.23. The third-order valence-corrected chi connectivity index (χ3v) is 4.94. The molecule has 0 bridgehead atoms. The largest absolute Gasteiger partial charge is 0.486 e. The van der Waals surface area contributed by atoms with Crippen molar-refractivity contribution < 1.29 is 19.1 Å². The van der Waals surface area contributed by atoms with Gasteiger partial charge in [0.1, 0.15) is 12.7 Å². The van der Waals surface area contributed by atoms with Crippen LogP contribution >= 0.6 is 0 Å². The molecule has 2 aliphatic heterocycles. The van der Waals surface area contributed by atoms with Gasteiger partial charge in [0.15, 0.2) is 11.5 Å². The Morgan fingerprint density at radius 2 is 1.86 bits per heavy atom. The van der Waals surface area contributed by atoms with Gasteiger partial charge in [-0.25, -0.2) is 0 Å². The molecule has 2 heterocycles. The molecule has 2 atom stereocenters. The van der Waals surface area contributed by atoms with Crippen LogP contribution in [0.2, 0.25) is 0 Å². The summed E-state index contributed by atoms with van der Waals surface area (Å²) in [4.78, 5) is 26.2. The molecule has 0 spiro atoms. The number of carbonyl (C=O) groups excluding carboxylic acids is 2. The Hall–Kier alpha value is -3.28. The van der Waals surface area contributed by atoms with Crippen molar-refractivity contribution >= 4 is 17.9 Å². The molecule has 2 aromatic rings. The minimum Gasteiger partial charge on any atom is -0.486 e. The van der Waals surface area contributed by atoms with E-state index in [9.17, 15) is 9.59 Å². The lowest BCUT2D eigenvalue weighted by Gasteiger charge is -2.32. The quantitative estimate of drug-likeness (QED) is 0.888. The van der Waals surface area contributed by atoms with Gasteiger partial charge >= 0.3 is 0 Å². The molecule has 6 heteroatoms. The van der Waals surface area contributed by atoms with Crippen molar-refractivity contribution in [2.45, 2.75) is 25.5 Å². The standard InChI is InChI=1S/C22H22N2O4/c1-15(25)24-11-10-16-6-2-3-7-18(16)19(24)12-22(26)23-13-17-14-27-20-8-4-5-9-21(20)28-17/h2-11,17,19H,12-14H2,1H3,(H,23,26)/t17-,19-/m1/s1. The van der Waals surface area contributed by atoms with Gasteiger partial charge in [0.05, 0.1) is 19.0 Å². The van der Waals surface area contributed by atoms with E-state index < -0.39 is 0 Å². The molecule has 0 saturated carbocycles. The van der Waals surface area contributed by atoms with Crippen molar-refractivity contribution in [2.24, 2.45) is 0 Å². The number of ether oxygens (including phenoxy) is 2. The average molecular weight is 378 g/mol. The van der Waals surface area contributed by atoms with E-state index in [-0.39, 0.29) is 30.4 Å². The van der Waals surface area contributed by atoms with Crippen LogP contribution in [0.15, 0.2) is 54.7 Å². The molecule has 2 aliphatic rings. The predicted octanol–water partition coefficient (Wildman–Crippen LogP) is 2.91. The van der Waals surface area contributed by atoms with Crippen molar-refractivity contribution in [3.63, 3.8) is 0 Å². The van der Waals surface area contributed by atoms with Gasteiger partial charge in [-0.1, -0.05) is 36.4 Å². The Kier molecular flexibility index (Phi) is 5.02. The molecule has 2 aromatic carbocycles. The third kappa shape index (κ3) is 3.71. The summed E-state index contributed by atoms with van der Waals surface area (Å²) in [6, 6.07) is 15.0. The molecule has 144 valence electrons. The smallest absolute Gasteiger partial charge is 0.223 e. The Balaban J connectivity index is 1.39. The van der Waals surface area contributed by atoms with Gasteiger partial charge in [0.25, 0.3) is 0 Å². The Morgan fingerprint density at radius 3 is 2.68 bits per heavy atom. The highest BCUT2D eigenvalue weighted by Crippen LogP contribution is 2.33. The lowest BCUT2D eigenvalue weighted by molar-refractivity contribution is -0.130. The normalized spacial score (nSPS) is 19.7. The monoisotopic (exact) mass is 378 g/mol. The second-order valence-electron chi connectivity index (χ2n) is 6.89. The number of carbonyl (C=O) groups is 2. The second kappa shape index (κ2) is 7.76. The predicted molar refractivity (Wildman–Crippen MR) is 105 cm³/mol. The van der Waals surface area contributed by atoms with Crippen molar-refractivity contribution in [3.05, 3.63) is 65.9 Å². The molecule has 0 unspecified atom stereocenters. The summed E-state index contributed by atoms with van der Waals surface area (Å²) in [5, 5.41) is 2.91. The molecule has 1 N–H and O–H groups in total. The lowest BCUT2D eigenvalue weighted by atomic mass is 9.93. The molecule has 0 aromatic heterocycles. The number of para-hydroxylation sites is 2. The van der Waals surface area contributed by atoms with Gasteiger partial charge in [-0.3, -0.25) is 9.59 Å². The number of hydrogen-bond donors (Lipinski definition) is 1. The maximum Gasteiger partial charge on any atom is 0.223 e. The van der Waals surface area contributed by atoms with E-state index in [1.165, 1.54) is 6.92 Å². The fourth-order valence-electron chi connectivity index (χ4n) is 3.55. The van der Waals surface area contributed by atoms with Crippen LogP contribution in [-0.4, -0.2) is 36.0 Å². The maximum absolute atomic E-state index is 12.6. The molecule has 0 radical (unpaired) electrons. The van der Waals surface area contributed by atoms with Crippen LogP contribution in [0.4, 0.5) is 0 Å². The number of benzene rings is 2. The topological polar surface area (TPSA) is 67.9 Å². The number of hydrogen-bond acceptors (Lipinski definition) is 4. The zero-order chi connectivity index (χ0) is 19.5. The van der Waals surface area contributed by atoms with Crippen LogP contribution in [0.5, 0.6) is 11.5 Å². The van der Waals surface area contributed by atoms with Crippen molar-refractivity contribution in [2.75, 3.05) is 13.2 Å². The summed E-state index contributed by atoms with van der Waals surface area (Å²) in [5.41, 5.74) is 2.00. The SMILES string of the molecule is CC(=O)N1C=Cc2ccccc2[C@H]1CC(=O)NC[C@@H]1COc2ccccc2O1. The summed E-state index contributed by atoms with van der Waals surface area (Å²) in [5.74, 6) is 1.17. The highest BCUT2D eigenvalue weighted by atomic mass is 16.6. The van der Waals surface area contributed by atoms with E-state index in [1.807, 2.05) is 54.6 Å². The Labute approximate surface area is 163 Å². The van der Waals surface area contributed by atoms with E-state index >= 15 is 0 Å². The van der Waals surface area contributed by atoms with E-state index in [0.717, 1.165) is 11.1 Å². The van der Waals surface area contributed by atoms with E-state index in [2.05, 4.69) is 5.32 Å². The molecule has 28 heavy (non-hydrogen) atoms. The van der Waals surface area contributed by atoms with Gasteiger partial charge in [-0.15, -0.1) is 0 Å². The number of amides is 2. The van der Waals surface area contributed by atoms with Gasteiger partial charge < -0.3 is 19.7 Å². The first-order valence-electron chi connectivity index (χ1n) is 9.33. The first kappa shape index (κ1) is 18.1. The van der Waals surface area contributed by atoms with E-state index in [1.54, 1.807) is 11.1 Å². The molecular weight excluding hydrogens is 356 g/mol. The fraction of sp³-hybridized carbons (Fsp3) is 0.273. The zero-order valence-electron chi connectivity index (χ0n) is 15.6. The second-order valence-corrected chi connectivity index (χ2v) is 6.89. The van der Waals surface area contributed by atoms with Crippen molar-refractivity contribution in [1.29, 1.82) is 0 Å². The highest BCUT2D eigenvalue weighted by Gasteiger charge is 2.29. The number of nitrogens with one attached hydrogen (secondary N) is 1. The molecule has 0 saturated heterocycles. The van der Waals surface area contributed by atoms with E-state index in [0.29, 0.717) is 24.7 Å². The van der Waals surface area contributed by atoms with Crippen LogP contribution in [0, 0.1) is 0 Å². The zero-order valence-corrected chi connectivity index (χ0v) is 15.6. The number of nitrogens with zero attached hydrogens (tertiary/aromatic N) is 1. The van der Waals surface area contributed by atoms with Crippen LogP contribution in [0.25, 0.3) is 6.08 Å². The number of fused-ring (bicyclic) bond motifs is 2. The van der Waals surface area contributed by atoms with Crippen molar-refractivity contribution in [1.82, 2.24) is 10.2 Å². The Bertz CT molecular complexity index is 924. The molecular formula is C22H22N2O4. The van der Waals surface area contributed by atoms with Gasteiger partial charge in [0.2, 0.25) is 11.8 Å². The summed E-state index contributed by atoms with van der Waals surface area (Å²) < 4.78 is 11.5. The third-order valence-electron chi connectivity index (χ3n) is 4.94. The summed E-state index contributed by atoms with van der Waals surface area (Å²) in [7, 11) is 0. The lowest BCUT2D eigenvalue weighted by Crippen LogP contribution is -2.42. The molecule has 0 aliphatic carbocycles. The first-order chi connectivity index (χ1) is 13.6. The molecule has 6 nitrogen and oxygen atoms in total. The summed E-state index contributed by atoms with van der Waals surface area (Å²) >= 11 is 0. The van der Waals surface area contributed by atoms with Crippen LogP contribution < -0.4 is 14.8 Å². The first-order valence-corrected chi connectivity index (χ1v) is 9.33. The minimum atomic E-state index is -0.317. The highest BCUT2D eigenvalue weighted by molar-refractivity contribution is 5.81.